The van der Waals surface area contributed by atoms with Crippen molar-refractivity contribution in [2.75, 3.05) is 6.61 Å². The van der Waals surface area contributed by atoms with E-state index >= 15 is 0 Å². The second-order valence-electron chi connectivity index (χ2n) is 4.93. The zero-order chi connectivity index (χ0) is 10.4. The SMILES string of the molecule is O=C(O)C1C2CC(CO2)N1C1CCCC1. The van der Waals surface area contributed by atoms with Gasteiger partial charge < -0.3 is 9.84 Å². The van der Waals surface area contributed by atoms with Gasteiger partial charge in [-0.05, 0) is 19.3 Å². The third-order valence-electron chi connectivity index (χ3n) is 4.10. The zero-order valence-corrected chi connectivity index (χ0v) is 8.76. The minimum atomic E-state index is -0.700. The van der Waals surface area contributed by atoms with Gasteiger partial charge in [-0.2, -0.15) is 0 Å². The molecule has 2 aliphatic heterocycles. The highest BCUT2D eigenvalue weighted by Gasteiger charge is 2.53. The first kappa shape index (κ1) is 9.60. The van der Waals surface area contributed by atoms with Crippen LogP contribution in [0.15, 0.2) is 0 Å². The van der Waals surface area contributed by atoms with E-state index in [1.807, 2.05) is 0 Å². The summed E-state index contributed by atoms with van der Waals surface area (Å²) in [5, 5.41) is 9.24. The van der Waals surface area contributed by atoms with Crippen LogP contribution in [-0.4, -0.2) is 46.8 Å². The van der Waals surface area contributed by atoms with Gasteiger partial charge in [0.15, 0.2) is 0 Å². The quantitative estimate of drug-likeness (QED) is 0.736. The van der Waals surface area contributed by atoms with Crippen LogP contribution in [-0.2, 0) is 9.53 Å². The molecule has 4 nitrogen and oxygen atoms in total. The maximum absolute atomic E-state index is 11.2. The fourth-order valence-corrected chi connectivity index (χ4v) is 3.50. The van der Waals surface area contributed by atoms with Crippen molar-refractivity contribution in [3.63, 3.8) is 0 Å². The smallest absolute Gasteiger partial charge is 0.323 e. The predicted octanol–water partition coefficient (Wildman–Crippen LogP) is 0.855. The van der Waals surface area contributed by atoms with Gasteiger partial charge in [-0.1, -0.05) is 12.8 Å². The Bertz CT molecular complexity index is 275. The fourth-order valence-electron chi connectivity index (χ4n) is 3.50. The molecule has 3 aliphatic rings. The van der Waals surface area contributed by atoms with Gasteiger partial charge in [0.2, 0.25) is 0 Å². The lowest BCUT2D eigenvalue weighted by atomic mass is 10.1. The summed E-state index contributed by atoms with van der Waals surface area (Å²) in [7, 11) is 0. The van der Waals surface area contributed by atoms with Gasteiger partial charge in [0, 0.05) is 12.1 Å². The largest absolute Gasteiger partial charge is 0.480 e. The van der Waals surface area contributed by atoms with E-state index in [1.54, 1.807) is 0 Å². The predicted molar refractivity (Wildman–Crippen MR) is 53.7 cm³/mol. The number of ether oxygens (including phenoxy) is 1. The van der Waals surface area contributed by atoms with Crippen LogP contribution in [0.25, 0.3) is 0 Å². The highest BCUT2D eigenvalue weighted by Crippen LogP contribution is 2.39. The van der Waals surface area contributed by atoms with Gasteiger partial charge in [-0.25, -0.2) is 0 Å². The van der Waals surface area contributed by atoms with Gasteiger partial charge in [0.25, 0.3) is 0 Å². The standard InChI is InChI=1S/C11H17NO3/c13-11(14)10-9-5-8(6-15-9)12(10)7-3-1-2-4-7/h7-10H,1-6H2,(H,13,14). The molecule has 15 heavy (non-hydrogen) atoms. The molecule has 3 unspecified atom stereocenters. The second-order valence-corrected chi connectivity index (χ2v) is 4.93. The van der Waals surface area contributed by atoms with Crippen LogP contribution in [0.3, 0.4) is 0 Å². The Morgan fingerprint density at radius 1 is 1.27 bits per heavy atom. The Hall–Kier alpha value is -0.610. The van der Waals surface area contributed by atoms with Crippen molar-refractivity contribution in [1.82, 2.24) is 4.90 Å². The molecule has 3 atom stereocenters. The van der Waals surface area contributed by atoms with Gasteiger partial charge >= 0.3 is 5.97 Å². The van der Waals surface area contributed by atoms with Crippen LogP contribution in [0.1, 0.15) is 32.1 Å². The molecule has 4 heteroatoms. The first-order chi connectivity index (χ1) is 7.27. The molecule has 0 spiro atoms. The summed E-state index contributed by atoms with van der Waals surface area (Å²) >= 11 is 0. The maximum Gasteiger partial charge on any atom is 0.323 e. The molecule has 0 radical (unpaired) electrons. The molecule has 1 aliphatic carbocycles. The number of carboxylic acid groups (broad SMARTS) is 1. The summed E-state index contributed by atoms with van der Waals surface area (Å²) in [5.41, 5.74) is 0. The minimum absolute atomic E-state index is 0.0481. The van der Waals surface area contributed by atoms with Crippen molar-refractivity contribution in [2.24, 2.45) is 0 Å². The van der Waals surface area contributed by atoms with Crippen molar-refractivity contribution < 1.29 is 14.6 Å². The summed E-state index contributed by atoms with van der Waals surface area (Å²) in [6, 6.07) is 0.510. The summed E-state index contributed by atoms with van der Waals surface area (Å²) in [5.74, 6) is -0.700. The molecule has 3 rings (SSSR count). The Balaban J connectivity index is 1.82. The number of fused-ring (bicyclic) bond motifs is 2. The van der Waals surface area contributed by atoms with Crippen molar-refractivity contribution in [2.45, 2.75) is 56.3 Å². The van der Waals surface area contributed by atoms with E-state index in [-0.39, 0.29) is 12.1 Å². The summed E-state index contributed by atoms with van der Waals surface area (Å²) in [4.78, 5) is 13.5. The van der Waals surface area contributed by atoms with Crippen molar-refractivity contribution in [1.29, 1.82) is 0 Å². The number of carboxylic acids is 1. The van der Waals surface area contributed by atoms with E-state index in [2.05, 4.69) is 4.90 Å². The molecule has 2 saturated heterocycles. The highest BCUT2D eigenvalue weighted by molar-refractivity contribution is 5.75. The molecule has 0 aromatic carbocycles. The van der Waals surface area contributed by atoms with E-state index in [1.165, 1.54) is 25.7 Å². The Labute approximate surface area is 89.2 Å². The van der Waals surface area contributed by atoms with Crippen LogP contribution < -0.4 is 0 Å². The normalized spacial score (nSPS) is 41.5. The molecular weight excluding hydrogens is 194 g/mol. The number of hydrogen-bond donors (Lipinski definition) is 1. The Kier molecular flexibility index (Phi) is 2.21. The van der Waals surface area contributed by atoms with E-state index in [0.29, 0.717) is 12.1 Å². The summed E-state index contributed by atoms with van der Waals surface area (Å²) < 4.78 is 5.49. The van der Waals surface area contributed by atoms with Gasteiger partial charge in [0.05, 0.1) is 12.7 Å². The minimum Gasteiger partial charge on any atom is -0.480 e. The monoisotopic (exact) mass is 211 g/mol. The molecule has 1 saturated carbocycles. The first-order valence-electron chi connectivity index (χ1n) is 5.89. The van der Waals surface area contributed by atoms with Crippen molar-refractivity contribution >= 4 is 5.97 Å². The Morgan fingerprint density at radius 3 is 2.67 bits per heavy atom. The van der Waals surface area contributed by atoms with E-state index in [4.69, 9.17) is 4.74 Å². The highest BCUT2D eigenvalue weighted by atomic mass is 16.5. The van der Waals surface area contributed by atoms with Crippen LogP contribution in [0.4, 0.5) is 0 Å². The second kappa shape index (κ2) is 3.46. The first-order valence-corrected chi connectivity index (χ1v) is 5.89. The number of carbonyl (C=O) groups is 1. The fraction of sp³-hybridized carbons (Fsp3) is 0.909. The average Bonchev–Trinajstić information content (AvgIpc) is 2.92. The molecule has 84 valence electrons. The lowest BCUT2D eigenvalue weighted by Crippen LogP contribution is -2.53. The third-order valence-corrected chi connectivity index (χ3v) is 4.10. The molecule has 2 bridgehead atoms. The summed E-state index contributed by atoms with van der Waals surface area (Å²) in [6.45, 7) is 0.741. The van der Waals surface area contributed by atoms with Crippen LogP contribution in [0.5, 0.6) is 0 Å². The maximum atomic E-state index is 11.2. The lowest BCUT2D eigenvalue weighted by Gasteiger charge is -2.36. The molecule has 0 amide bonds. The number of hydrogen-bond acceptors (Lipinski definition) is 3. The molecule has 2 heterocycles. The Morgan fingerprint density at radius 2 is 2.00 bits per heavy atom. The van der Waals surface area contributed by atoms with Crippen LogP contribution in [0, 0.1) is 0 Å². The van der Waals surface area contributed by atoms with Crippen molar-refractivity contribution in [3.05, 3.63) is 0 Å². The van der Waals surface area contributed by atoms with E-state index in [0.717, 1.165) is 13.0 Å². The molecular formula is C11H17NO3. The van der Waals surface area contributed by atoms with Crippen LogP contribution >= 0.6 is 0 Å². The van der Waals surface area contributed by atoms with Gasteiger partial charge in [-0.3, -0.25) is 9.69 Å². The zero-order valence-electron chi connectivity index (χ0n) is 8.76. The number of likely N-dealkylation sites (tertiary alicyclic amines) is 1. The van der Waals surface area contributed by atoms with Crippen LogP contribution in [0.2, 0.25) is 0 Å². The molecule has 3 fully saturated rings. The average molecular weight is 211 g/mol. The molecule has 0 aromatic heterocycles. The number of aliphatic carboxylic acids is 1. The third kappa shape index (κ3) is 1.39. The van der Waals surface area contributed by atoms with E-state index < -0.39 is 5.97 Å². The summed E-state index contributed by atoms with van der Waals surface area (Å²) in [6.07, 6.45) is 5.73. The number of rotatable bonds is 2. The molecule has 1 N–H and O–H groups in total. The number of morpholine rings is 1. The topological polar surface area (TPSA) is 49.8 Å². The van der Waals surface area contributed by atoms with Gasteiger partial charge in [0.1, 0.15) is 6.04 Å². The lowest BCUT2D eigenvalue weighted by molar-refractivity contribution is -0.152. The molecule has 0 aromatic rings. The van der Waals surface area contributed by atoms with Gasteiger partial charge in [-0.15, -0.1) is 0 Å². The van der Waals surface area contributed by atoms with E-state index in [9.17, 15) is 9.90 Å². The number of nitrogens with zero attached hydrogens (tertiary/aromatic N) is 1. The van der Waals surface area contributed by atoms with Crippen molar-refractivity contribution in [3.8, 4) is 0 Å².